The van der Waals surface area contributed by atoms with Gasteiger partial charge in [-0.2, -0.15) is 0 Å². The van der Waals surface area contributed by atoms with E-state index in [2.05, 4.69) is 0 Å². The molecule has 2 N–H and O–H groups in total. The summed E-state index contributed by atoms with van der Waals surface area (Å²) in [6, 6.07) is 5.15. The van der Waals surface area contributed by atoms with Gasteiger partial charge in [-0.15, -0.1) is 11.8 Å². The predicted molar refractivity (Wildman–Crippen MR) is 48.7 cm³/mol. The molecule has 1 aliphatic rings. The third-order valence-electron chi connectivity index (χ3n) is 2.07. The van der Waals surface area contributed by atoms with E-state index in [0.717, 1.165) is 22.6 Å². The van der Waals surface area contributed by atoms with Crippen LogP contribution in [-0.2, 0) is 0 Å². The Kier molecular flexibility index (Phi) is 2.07. The molecule has 64 valence electrons. The van der Waals surface area contributed by atoms with Crippen LogP contribution in [0.4, 0.5) is 4.39 Å². The average Bonchev–Trinajstić information content (AvgIpc) is 2.07. The van der Waals surface area contributed by atoms with Crippen molar-refractivity contribution in [3.8, 4) is 0 Å². The van der Waals surface area contributed by atoms with Gasteiger partial charge in [0.15, 0.2) is 0 Å². The van der Waals surface area contributed by atoms with E-state index in [4.69, 9.17) is 5.73 Å². The number of hydrogen-bond donors (Lipinski definition) is 1. The molecule has 1 aromatic rings. The van der Waals surface area contributed by atoms with Crippen molar-refractivity contribution in [3.05, 3.63) is 29.6 Å². The smallest absolute Gasteiger partial charge is 0.137 e. The molecule has 0 aliphatic carbocycles. The number of nitrogens with two attached hydrogens (primary N) is 1. The summed E-state index contributed by atoms with van der Waals surface area (Å²) in [6.07, 6.45) is 0.946. The second-order valence-electron chi connectivity index (χ2n) is 2.90. The minimum Gasteiger partial charge on any atom is -0.324 e. The van der Waals surface area contributed by atoms with E-state index in [1.807, 2.05) is 6.07 Å². The Labute approximate surface area is 75.1 Å². The molecule has 1 heterocycles. The first-order valence-electron chi connectivity index (χ1n) is 3.96. The monoisotopic (exact) mass is 183 g/mol. The van der Waals surface area contributed by atoms with Gasteiger partial charge >= 0.3 is 0 Å². The maximum absolute atomic E-state index is 13.2. The first kappa shape index (κ1) is 8.08. The molecule has 0 saturated heterocycles. The van der Waals surface area contributed by atoms with Crippen molar-refractivity contribution in [2.45, 2.75) is 17.4 Å². The molecule has 0 fully saturated rings. The molecule has 0 amide bonds. The first-order valence-corrected chi connectivity index (χ1v) is 4.94. The minimum atomic E-state index is -0.132. The van der Waals surface area contributed by atoms with Gasteiger partial charge in [-0.3, -0.25) is 0 Å². The van der Waals surface area contributed by atoms with Gasteiger partial charge in [-0.1, -0.05) is 12.1 Å². The molecule has 0 unspecified atom stereocenters. The summed E-state index contributed by atoms with van der Waals surface area (Å²) in [5, 5.41) is 0. The second kappa shape index (κ2) is 3.07. The maximum Gasteiger partial charge on any atom is 0.137 e. The van der Waals surface area contributed by atoms with E-state index >= 15 is 0 Å². The summed E-state index contributed by atoms with van der Waals surface area (Å²) in [7, 11) is 0. The Morgan fingerprint density at radius 3 is 3.08 bits per heavy atom. The number of fused-ring (bicyclic) bond motifs is 1. The lowest BCUT2D eigenvalue weighted by atomic mass is 10.1. The highest BCUT2D eigenvalue weighted by atomic mass is 32.2. The van der Waals surface area contributed by atoms with E-state index in [1.54, 1.807) is 17.8 Å². The van der Waals surface area contributed by atoms with Gasteiger partial charge in [0.05, 0.1) is 0 Å². The molecule has 3 heteroatoms. The largest absolute Gasteiger partial charge is 0.324 e. The normalized spacial score (nSPS) is 22.0. The van der Waals surface area contributed by atoms with Crippen molar-refractivity contribution in [3.63, 3.8) is 0 Å². The lowest BCUT2D eigenvalue weighted by Gasteiger charge is -2.21. The molecule has 0 radical (unpaired) electrons. The zero-order valence-electron chi connectivity index (χ0n) is 6.59. The van der Waals surface area contributed by atoms with Crippen LogP contribution in [0.1, 0.15) is 18.0 Å². The highest BCUT2D eigenvalue weighted by molar-refractivity contribution is 7.99. The van der Waals surface area contributed by atoms with Crippen LogP contribution < -0.4 is 5.73 Å². The summed E-state index contributed by atoms with van der Waals surface area (Å²) in [5.74, 6) is 0.794. The summed E-state index contributed by atoms with van der Waals surface area (Å²) in [6.45, 7) is 0. The van der Waals surface area contributed by atoms with E-state index < -0.39 is 0 Å². The average molecular weight is 183 g/mol. The SMILES string of the molecule is N[C@@H]1CCSc2c(F)cccc21. The van der Waals surface area contributed by atoms with Crippen LogP contribution in [0, 0.1) is 5.82 Å². The molecular weight excluding hydrogens is 173 g/mol. The predicted octanol–water partition coefficient (Wildman–Crippen LogP) is 2.32. The zero-order valence-corrected chi connectivity index (χ0v) is 7.40. The molecule has 0 aromatic heterocycles. The van der Waals surface area contributed by atoms with E-state index in [0.29, 0.717) is 0 Å². The van der Waals surface area contributed by atoms with E-state index in [-0.39, 0.29) is 11.9 Å². The molecule has 1 aromatic carbocycles. The van der Waals surface area contributed by atoms with Crippen molar-refractivity contribution in [2.24, 2.45) is 5.73 Å². The quantitative estimate of drug-likeness (QED) is 0.668. The third kappa shape index (κ3) is 1.23. The molecule has 0 saturated carbocycles. The number of benzene rings is 1. The summed E-state index contributed by atoms with van der Waals surface area (Å²) < 4.78 is 13.2. The molecule has 2 rings (SSSR count). The Balaban J connectivity index is 2.52. The topological polar surface area (TPSA) is 26.0 Å². The van der Waals surface area contributed by atoms with Gasteiger partial charge in [0, 0.05) is 10.9 Å². The van der Waals surface area contributed by atoms with E-state index in [9.17, 15) is 4.39 Å². The fraction of sp³-hybridized carbons (Fsp3) is 0.333. The van der Waals surface area contributed by atoms with Gasteiger partial charge in [-0.05, 0) is 23.8 Å². The summed E-state index contributed by atoms with van der Waals surface area (Å²) >= 11 is 1.56. The van der Waals surface area contributed by atoms with Crippen LogP contribution in [0.25, 0.3) is 0 Å². The van der Waals surface area contributed by atoms with Crippen LogP contribution >= 0.6 is 11.8 Å². The summed E-state index contributed by atoms with van der Waals surface area (Å²) in [5.41, 5.74) is 6.80. The lowest BCUT2D eigenvalue weighted by molar-refractivity contribution is 0.578. The fourth-order valence-electron chi connectivity index (χ4n) is 1.41. The van der Waals surface area contributed by atoms with Crippen molar-refractivity contribution < 1.29 is 4.39 Å². The third-order valence-corrected chi connectivity index (χ3v) is 3.23. The van der Waals surface area contributed by atoms with Crippen LogP contribution in [0.2, 0.25) is 0 Å². The van der Waals surface area contributed by atoms with Gasteiger partial charge < -0.3 is 5.73 Å². The van der Waals surface area contributed by atoms with Gasteiger partial charge in [0.25, 0.3) is 0 Å². The Morgan fingerprint density at radius 2 is 2.33 bits per heavy atom. The first-order chi connectivity index (χ1) is 5.79. The number of halogens is 1. The maximum atomic E-state index is 13.2. The van der Waals surface area contributed by atoms with Crippen molar-refractivity contribution in [1.29, 1.82) is 0 Å². The Morgan fingerprint density at radius 1 is 1.50 bits per heavy atom. The lowest BCUT2D eigenvalue weighted by Crippen LogP contribution is -2.16. The fourth-order valence-corrected chi connectivity index (χ4v) is 2.58. The Bertz CT molecular complexity index is 301. The van der Waals surface area contributed by atoms with Crippen molar-refractivity contribution in [2.75, 3.05) is 5.75 Å². The molecule has 0 spiro atoms. The molecule has 0 bridgehead atoms. The number of thioether (sulfide) groups is 1. The molecule has 12 heavy (non-hydrogen) atoms. The van der Waals surface area contributed by atoms with Crippen LogP contribution in [0.15, 0.2) is 23.1 Å². The molecule has 1 aliphatic heterocycles. The zero-order chi connectivity index (χ0) is 8.55. The van der Waals surface area contributed by atoms with Crippen LogP contribution in [0.5, 0.6) is 0 Å². The minimum absolute atomic E-state index is 0.0250. The molecular formula is C9H10FNS. The summed E-state index contributed by atoms with van der Waals surface area (Å²) in [4.78, 5) is 0.747. The van der Waals surface area contributed by atoms with Crippen molar-refractivity contribution >= 4 is 11.8 Å². The van der Waals surface area contributed by atoms with E-state index in [1.165, 1.54) is 6.07 Å². The molecule has 1 nitrogen and oxygen atoms in total. The Hall–Kier alpha value is -0.540. The van der Waals surface area contributed by atoms with Crippen LogP contribution in [0.3, 0.4) is 0 Å². The van der Waals surface area contributed by atoms with Gasteiger partial charge in [-0.25, -0.2) is 4.39 Å². The van der Waals surface area contributed by atoms with Gasteiger partial charge in [0.2, 0.25) is 0 Å². The number of rotatable bonds is 0. The number of hydrogen-bond acceptors (Lipinski definition) is 2. The van der Waals surface area contributed by atoms with Crippen molar-refractivity contribution in [1.82, 2.24) is 0 Å². The molecule has 1 atom stereocenters. The van der Waals surface area contributed by atoms with Crippen LogP contribution in [-0.4, -0.2) is 5.75 Å². The highest BCUT2D eigenvalue weighted by Gasteiger charge is 2.19. The van der Waals surface area contributed by atoms with Gasteiger partial charge in [0.1, 0.15) is 5.82 Å². The standard InChI is InChI=1S/C9H10FNS/c10-7-3-1-2-6-8(11)4-5-12-9(6)7/h1-3,8H,4-5,11H2/t8-/m1/s1. The second-order valence-corrected chi connectivity index (χ2v) is 4.01. The highest BCUT2D eigenvalue weighted by Crippen LogP contribution is 2.36.